The number of rotatable bonds is 5. The quantitative estimate of drug-likeness (QED) is 0.832. The van der Waals surface area contributed by atoms with Crippen LogP contribution in [0.25, 0.3) is 0 Å². The molecule has 0 aromatic carbocycles. The van der Waals surface area contributed by atoms with Crippen LogP contribution in [0.1, 0.15) is 32.1 Å². The van der Waals surface area contributed by atoms with Crippen molar-refractivity contribution in [3.63, 3.8) is 0 Å². The number of aliphatic hydroxyl groups excluding tert-OH is 1. The third-order valence-electron chi connectivity index (χ3n) is 3.63. The normalized spacial score (nSPS) is 19.5. The van der Waals surface area contributed by atoms with E-state index in [0.29, 0.717) is 0 Å². The molecular weight excluding hydrogens is 266 g/mol. The molecule has 0 bridgehead atoms. The lowest BCUT2D eigenvalue weighted by atomic mass is 9.85. The third kappa shape index (κ3) is 3.77. The summed E-state index contributed by atoms with van der Waals surface area (Å²) >= 11 is 0. The highest BCUT2D eigenvalue weighted by Crippen LogP contribution is 2.26. The van der Waals surface area contributed by atoms with Gasteiger partial charge in [0.25, 0.3) is 10.0 Å². The van der Waals surface area contributed by atoms with Crippen molar-refractivity contribution in [2.75, 3.05) is 6.54 Å². The number of hydrogen-bond acceptors (Lipinski definition) is 4. The van der Waals surface area contributed by atoms with Crippen molar-refractivity contribution in [1.82, 2.24) is 14.3 Å². The summed E-state index contributed by atoms with van der Waals surface area (Å²) in [5.74, 6) is 0.209. The van der Waals surface area contributed by atoms with Gasteiger partial charge in [-0.1, -0.05) is 19.3 Å². The van der Waals surface area contributed by atoms with Gasteiger partial charge < -0.3 is 9.67 Å². The molecule has 0 amide bonds. The molecule has 19 heavy (non-hydrogen) atoms. The number of aryl methyl sites for hydroxylation is 1. The number of aromatic nitrogens is 2. The lowest BCUT2D eigenvalue weighted by molar-refractivity contribution is 0.0888. The van der Waals surface area contributed by atoms with E-state index in [1.807, 2.05) is 0 Å². The molecule has 1 atom stereocenters. The lowest BCUT2D eigenvalue weighted by Gasteiger charge is -2.26. The zero-order chi connectivity index (χ0) is 13.9. The number of imidazole rings is 1. The Labute approximate surface area is 113 Å². The van der Waals surface area contributed by atoms with E-state index in [4.69, 9.17) is 0 Å². The number of nitrogens with zero attached hydrogens (tertiary/aromatic N) is 2. The second-order valence-corrected chi connectivity index (χ2v) is 6.91. The molecule has 0 saturated heterocycles. The summed E-state index contributed by atoms with van der Waals surface area (Å²) in [5.41, 5.74) is 0. The van der Waals surface area contributed by atoms with Gasteiger partial charge in [0, 0.05) is 19.8 Å². The van der Waals surface area contributed by atoms with Crippen molar-refractivity contribution in [3.8, 4) is 0 Å². The van der Waals surface area contributed by atoms with Gasteiger partial charge in [-0.15, -0.1) is 0 Å². The minimum Gasteiger partial charge on any atom is -0.391 e. The number of sulfonamides is 1. The van der Waals surface area contributed by atoms with Crippen LogP contribution in [0, 0.1) is 5.92 Å². The van der Waals surface area contributed by atoms with Gasteiger partial charge >= 0.3 is 0 Å². The molecule has 6 nitrogen and oxygen atoms in total. The fourth-order valence-corrected chi connectivity index (χ4v) is 3.51. The monoisotopic (exact) mass is 287 g/mol. The van der Waals surface area contributed by atoms with Crippen LogP contribution in [-0.4, -0.2) is 35.7 Å². The van der Waals surface area contributed by atoms with E-state index in [0.717, 1.165) is 25.7 Å². The van der Waals surface area contributed by atoms with Crippen LogP contribution in [-0.2, 0) is 17.1 Å². The molecule has 2 N–H and O–H groups in total. The number of nitrogens with one attached hydrogen (secondary N) is 1. The maximum absolute atomic E-state index is 11.9. The zero-order valence-corrected chi connectivity index (χ0v) is 11.9. The fourth-order valence-electron chi connectivity index (χ4n) is 2.48. The smallest absolute Gasteiger partial charge is 0.259 e. The molecule has 2 rings (SSSR count). The summed E-state index contributed by atoms with van der Waals surface area (Å²) < 4.78 is 27.9. The van der Waals surface area contributed by atoms with E-state index < -0.39 is 16.1 Å². The van der Waals surface area contributed by atoms with Crippen molar-refractivity contribution < 1.29 is 13.5 Å². The molecule has 1 aliphatic rings. The summed E-state index contributed by atoms with van der Waals surface area (Å²) in [7, 11) is -1.90. The molecular formula is C12H21N3O3S. The summed E-state index contributed by atoms with van der Waals surface area (Å²) in [6.07, 6.45) is 7.67. The Bertz CT molecular complexity index is 506. The van der Waals surface area contributed by atoms with Gasteiger partial charge in [-0.3, -0.25) is 0 Å². The number of aliphatic hydroxyl groups is 1. The van der Waals surface area contributed by atoms with Gasteiger partial charge in [-0.25, -0.2) is 18.1 Å². The fraction of sp³-hybridized carbons (Fsp3) is 0.750. The molecule has 1 aromatic rings. The topological polar surface area (TPSA) is 84.2 Å². The van der Waals surface area contributed by atoms with Crippen LogP contribution >= 0.6 is 0 Å². The highest BCUT2D eigenvalue weighted by molar-refractivity contribution is 7.89. The molecule has 7 heteroatoms. The van der Waals surface area contributed by atoms with Crippen molar-refractivity contribution in [1.29, 1.82) is 0 Å². The molecule has 0 aliphatic heterocycles. The van der Waals surface area contributed by atoms with E-state index >= 15 is 0 Å². The van der Waals surface area contributed by atoms with Gasteiger partial charge in [0.15, 0.2) is 5.03 Å². The first-order valence-corrected chi connectivity index (χ1v) is 8.13. The molecule has 1 saturated carbocycles. The first kappa shape index (κ1) is 14.5. The van der Waals surface area contributed by atoms with Crippen LogP contribution in [0.15, 0.2) is 17.6 Å². The average Bonchev–Trinajstić information content (AvgIpc) is 2.85. The van der Waals surface area contributed by atoms with E-state index in [1.165, 1.54) is 18.9 Å². The summed E-state index contributed by atoms with van der Waals surface area (Å²) in [5, 5.41) is 10.0. The third-order valence-corrected chi connectivity index (χ3v) is 4.94. The van der Waals surface area contributed by atoms with Crippen molar-refractivity contribution in [2.24, 2.45) is 13.0 Å². The molecule has 1 heterocycles. The zero-order valence-electron chi connectivity index (χ0n) is 11.1. The minimum absolute atomic E-state index is 0.00848. The molecule has 0 spiro atoms. The predicted molar refractivity (Wildman–Crippen MR) is 71.0 cm³/mol. The standard InChI is InChI=1S/C12H21N3O3S/c1-15-8-12(13-9-15)19(17,18)14-7-11(16)10-5-3-2-4-6-10/h8-11,14,16H,2-7H2,1H3/t11-/m1/s1. The maximum atomic E-state index is 11.9. The van der Waals surface area contributed by atoms with Crippen LogP contribution in [0.3, 0.4) is 0 Å². The molecule has 1 aliphatic carbocycles. The van der Waals surface area contributed by atoms with E-state index in [1.54, 1.807) is 11.6 Å². The highest BCUT2D eigenvalue weighted by atomic mass is 32.2. The van der Waals surface area contributed by atoms with Crippen LogP contribution < -0.4 is 4.72 Å². The summed E-state index contributed by atoms with van der Waals surface area (Å²) in [6, 6.07) is 0. The lowest BCUT2D eigenvalue weighted by Crippen LogP contribution is -2.37. The SMILES string of the molecule is Cn1cnc(S(=O)(=O)NC[C@@H](O)C2CCCCC2)c1. The molecule has 0 radical (unpaired) electrons. The molecule has 108 valence electrons. The van der Waals surface area contributed by atoms with Gasteiger partial charge in [0.1, 0.15) is 0 Å². The van der Waals surface area contributed by atoms with Gasteiger partial charge in [-0.05, 0) is 18.8 Å². The highest BCUT2D eigenvalue weighted by Gasteiger charge is 2.24. The van der Waals surface area contributed by atoms with E-state index in [2.05, 4.69) is 9.71 Å². The van der Waals surface area contributed by atoms with Crippen molar-refractivity contribution in [2.45, 2.75) is 43.2 Å². The van der Waals surface area contributed by atoms with E-state index in [-0.39, 0.29) is 17.5 Å². The summed E-state index contributed by atoms with van der Waals surface area (Å²) in [4.78, 5) is 3.81. The molecule has 1 aromatic heterocycles. The first-order chi connectivity index (χ1) is 8.99. The first-order valence-electron chi connectivity index (χ1n) is 6.65. The largest absolute Gasteiger partial charge is 0.391 e. The van der Waals surface area contributed by atoms with Crippen molar-refractivity contribution >= 4 is 10.0 Å². The second kappa shape index (κ2) is 6.02. The molecule has 1 fully saturated rings. The minimum atomic E-state index is -3.62. The Hall–Kier alpha value is -0.920. The van der Waals surface area contributed by atoms with Gasteiger partial charge in [-0.2, -0.15) is 0 Å². The van der Waals surface area contributed by atoms with Crippen LogP contribution in [0.2, 0.25) is 0 Å². The summed E-state index contributed by atoms with van der Waals surface area (Å²) in [6.45, 7) is 0.0591. The van der Waals surface area contributed by atoms with Gasteiger partial charge in [0.2, 0.25) is 0 Å². The number of hydrogen-bond donors (Lipinski definition) is 2. The Morgan fingerprint density at radius 2 is 2.16 bits per heavy atom. The van der Waals surface area contributed by atoms with Crippen LogP contribution in [0.5, 0.6) is 0 Å². The second-order valence-electron chi connectivity index (χ2n) is 5.19. The predicted octanol–water partition coefficient (Wildman–Crippen LogP) is 0.640. The Morgan fingerprint density at radius 1 is 1.47 bits per heavy atom. The Kier molecular flexibility index (Phi) is 4.59. The molecule has 0 unspecified atom stereocenters. The van der Waals surface area contributed by atoms with E-state index in [9.17, 15) is 13.5 Å². The maximum Gasteiger partial charge on any atom is 0.259 e. The Morgan fingerprint density at radius 3 is 2.74 bits per heavy atom. The Balaban J connectivity index is 1.90. The average molecular weight is 287 g/mol. The van der Waals surface area contributed by atoms with Crippen LogP contribution in [0.4, 0.5) is 0 Å². The van der Waals surface area contributed by atoms with Crippen molar-refractivity contribution in [3.05, 3.63) is 12.5 Å². The van der Waals surface area contributed by atoms with Gasteiger partial charge in [0.05, 0.1) is 12.4 Å².